The van der Waals surface area contributed by atoms with Crippen LogP contribution in [0.15, 0.2) is 53.6 Å². The summed E-state index contributed by atoms with van der Waals surface area (Å²) in [6.45, 7) is 6.18. The molecule has 0 amide bonds. The van der Waals surface area contributed by atoms with Gasteiger partial charge in [0.25, 0.3) is 0 Å². The van der Waals surface area contributed by atoms with Gasteiger partial charge in [-0.15, -0.1) is 0 Å². The predicted molar refractivity (Wildman–Crippen MR) is 117 cm³/mol. The van der Waals surface area contributed by atoms with Gasteiger partial charge in [-0.05, 0) is 49.2 Å². The molecule has 3 aromatic heterocycles. The van der Waals surface area contributed by atoms with Crippen LogP contribution < -0.4 is 4.87 Å². The number of nitrogens with one attached hydrogen (secondary N) is 1. The summed E-state index contributed by atoms with van der Waals surface area (Å²) in [5, 5.41) is 14.4. The molecule has 0 saturated heterocycles. The van der Waals surface area contributed by atoms with Crippen molar-refractivity contribution >= 4 is 21.6 Å². The zero-order valence-electron chi connectivity index (χ0n) is 17.1. The largest absolute Gasteiger partial charge is 0.388 e. The van der Waals surface area contributed by atoms with Crippen molar-refractivity contribution in [3.8, 4) is 5.82 Å². The number of aromatic amines is 1. The molecule has 1 aromatic carbocycles. The van der Waals surface area contributed by atoms with Gasteiger partial charge in [-0.3, -0.25) is 4.79 Å². The van der Waals surface area contributed by atoms with Crippen LogP contribution in [-0.4, -0.2) is 37.1 Å². The fourth-order valence-electron chi connectivity index (χ4n) is 3.15. The second-order valence-corrected chi connectivity index (χ2v) is 9.02. The van der Waals surface area contributed by atoms with Gasteiger partial charge in [0.15, 0.2) is 5.82 Å². The predicted octanol–water partition coefficient (Wildman–Crippen LogP) is 3.61. The average molecular weight is 425 g/mol. The highest BCUT2D eigenvalue weighted by molar-refractivity contribution is 7.16. The van der Waals surface area contributed by atoms with E-state index in [1.807, 2.05) is 42.6 Å². The van der Waals surface area contributed by atoms with Crippen molar-refractivity contribution in [1.82, 2.24) is 19.7 Å². The van der Waals surface area contributed by atoms with Crippen LogP contribution in [0.3, 0.4) is 0 Å². The van der Waals surface area contributed by atoms with Crippen molar-refractivity contribution < 1.29 is 9.84 Å². The normalized spacial score (nSPS) is 13.1. The number of hydrogen-bond acceptors (Lipinski definition) is 6. The topological polar surface area (TPSA) is 93.0 Å². The van der Waals surface area contributed by atoms with E-state index < -0.39 is 5.60 Å². The number of benzene rings is 1. The van der Waals surface area contributed by atoms with Crippen LogP contribution in [0.2, 0.25) is 0 Å². The van der Waals surface area contributed by atoms with E-state index in [1.54, 1.807) is 24.7 Å². The molecule has 0 aliphatic carbocycles. The van der Waals surface area contributed by atoms with Crippen molar-refractivity contribution in [2.45, 2.75) is 38.9 Å². The summed E-state index contributed by atoms with van der Waals surface area (Å²) in [5.41, 5.74) is 2.98. The molecule has 7 nitrogen and oxygen atoms in total. The van der Waals surface area contributed by atoms with E-state index in [0.29, 0.717) is 6.61 Å². The van der Waals surface area contributed by atoms with Gasteiger partial charge in [-0.1, -0.05) is 30.4 Å². The third-order valence-corrected chi connectivity index (χ3v) is 5.61. The Kier molecular flexibility index (Phi) is 5.55. The second kappa shape index (κ2) is 8.14. The molecule has 30 heavy (non-hydrogen) atoms. The first-order valence-corrected chi connectivity index (χ1v) is 10.5. The zero-order chi connectivity index (χ0) is 21.3. The summed E-state index contributed by atoms with van der Waals surface area (Å²) in [6, 6.07) is 11.8. The molecule has 0 bridgehead atoms. The number of rotatable bonds is 7. The number of fused-ring (bicyclic) bond motifs is 1. The first kappa shape index (κ1) is 20.5. The Balaban J connectivity index is 1.46. The maximum atomic E-state index is 11.5. The Bertz CT molecular complexity index is 1200. The van der Waals surface area contributed by atoms with Crippen LogP contribution in [0.25, 0.3) is 16.0 Å². The highest BCUT2D eigenvalue weighted by Gasteiger charge is 2.15. The Morgan fingerprint density at radius 1 is 1.27 bits per heavy atom. The first-order valence-electron chi connectivity index (χ1n) is 9.72. The summed E-state index contributed by atoms with van der Waals surface area (Å²) in [4.78, 5) is 18.8. The van der Waals surface area contributed by atoms with Crippen LogP contribution in [0, 0.1) is 0 Å². The molecule has 0 radical (unpaired) electrons. The maximum Gasteiger partial charge on any atom is 0.305 e. The minimum atomic E-state index is -0.848. The molecular weight excluding hydrogens is 400 g/mol. The lowest BCUT2D eigenvalue weighted by Gasteiger charge is -2.16. The fraction of sp³-hybridized carbons (Fsp3) is 0.318. The van der Waals surface area contributed by atoms with Crippen LogP contribution in [0.1, 0.15) is 43.5 Å². The van der Waals surface area contributed by atoms with Crippen LogP contribution >= 0.6 is 11.3 Å². The van der Waals surface area contributed by atoms with Crippen LogP contribution in [0.4, 0.5) is 0 Å². The van der Waals surface area contributed by atoms with Crippen LogP contribution in [0.5, 0.6) is 0 Å². The van der Waals surface area contributed by atoms with Gasteiger partial charge in [-0.2, -0.15) is 5.10 Å². The molecule has 1 unspecified atom stereocenters. The van der Waals surface area contributed by atoms with E-state index in [-0.39, 0.29) is 17.4 Å². The van der Waals surface area contributed by atoms with Crippen molar-refractivity contribution in [3.63, 3.8) is 0 Å². The highest BCUT2D eigenvalue weighted by Crippen LogP contribution is 2.26. The Labute approximate surface area is 178 Å². The molecule has 0 aliphatic heterocycles. The first-order chi connectivity index (χ1) is 14.3. The number of H-pyrrole nitrogens is 1. The van der Waals surface area contributed by atoms with Gasteiger partial charge in [-0.25, -0.2) is 9.67 Å². The average Bonchev–Trinajstić information content (AvgIpc) is 3.32. The van der Waals surface area contributed by atoms with Crippen molar-refractivity contribution in [3.05, 3.63) is 75.3 Å². The fourth-order valence-corrected chi connectivity index (χ4v) is 3.94. The van der Waals surface area contributed by atoms with Crippen molar-refractivity contribution in [2.75, 3.05) is 6.61 Å². The van der Waals surface area contributed by atoms with Gasteiger partial charge < -0.3 is 14.8 Å². The van der Waals surface area contributed by atoms with Crippen molar-refractivity contribution in [2.24, 2.45) is 0 Å². The third kappa shape index (κ3) is 4.67. The summed E-state index contributed by atoms with van der Waals surface area (Å²) in [5.74, 6) is 0.807. The molecule has 4 aromatic rings. The number of aromatic nitrogens is 4. The van der Waals surface area contributed by atoms with E-state index >= 15 is 0 Å². The smallest absolute Gasteiger partial charge is 0.305 e. The SMILES string of the molecule is CC(c1ccc2[nH]c(=O)sc2c1)c1ccn(-c2ccc(COCC(C)(C)O)cn2)n1. The number of pyridine rings is 1. The Morgan fingerprint density at radius 3 is 2.83 bits per heavy atom. The second-order valence-electron chi connectivity index (χ2n) is 8.01. The minimum absolute atomic E-state index is 0.0425. The highest BCUT2D eigenvalue weighted by atomic mass is 32.1. The molecule has 1 atom stereocenters. The summed E-state index contributed by atoms with van der Waals surface area (Å²) >= 11 is 1.22. The summed E-state index contributed by atoms with van der Waals surface area (Å²) < 4.78 is 8.22. The summed E-state index contributed by atoms with van der Waals surface area (Å²) in [6.07, 6.45) is 3.65. The lowest BCUT2D eigenvalue weighted by Crippen LogP contribution is -2.25. The number of aliphatic hydroxyl groups is 1. The van der Waals surface area contributed by atoms with E-state index in [0.717, 1.165) is 32.9 Å². The number of nitrogens with zero attached hydrogens (tertiary/aromatic N) is 3. The van der Waals surface area contributed by atoms with E-state index in [9.17, 15) is 9.90 Å². The monoisotopic (exact) mass is 424 g/mol. The quantitative estimate of drug-likeness (QED) is 0.473. The van der Waals surface area contributed by atoms with Crippen molar-refractivity contribution in [1.29, 1.82) is 0 Å². The number of thiazole rings is 1. The molecule has 3 heterocycles. The minimum Gasteiger partial charge on any atom is -0.388 e. The zero-order valence-corrected chi connectivity index (χ0v) is 17.9. The lowest BCUT2D eigenvalue weighted by atomic mass is 9.98. The molecule has 0 fully saturated rings. The molecule has 2 N–H and O–H groups in total. The molecular formula is C22H24N4O3S. The number of hydrogen-bond donors (Lipinski definition) is 2. The lowest BCUT2D eigenvalue weighted by molar-refractivity contribution is -0.0269. The standard InChI is InChI=1S/C22H24N4O3S/c1-14(16-5-6-18-19(10-16)30-21(27)24-18)17-8-9-26(25-17)20-7-4-15(11-23-20)12-29-13-22(2,3)28/h4-11,14,28H,12-13H2,1-3H3,(H,24,27). The molecule has 8 heteroatoms. The third-order valence-electron chi connectivity index (χ3n) is 4.77. The van der Waals surface area contributed by atoms with E-state index in [2.05, 4.69) is 22.0 Å². The van der Waals surface area contributed by atoms with Gasteiger partial charge in [0.1, 0.15) is 0 Å². The van der Waals surface area contributed by atoms with Gasteiger partial charge >= 0.3 is 4.87 Å². The van der Waals surface area contributed by atoms with Gasteiger partial charge in [0, 0.05) is 18.3 Å². The molecule has 4 rings (SSSR count). The van der Waals surface area contributed by atoms with E-state index in [1.165, 1.54) is 11.3 Å². The van der Waals surface area contributed by atoms with E-state index in [4.69, 9.17) is 4.74 Å². The Hall–Kier alpha value is -2.81. The maximum absolute atomic E-state index is 11.5. The van der Waals surface area contributed by atoms with Gasteiger partial charge in [0.2, 0.25) is 0 Å². The molecule has 0 aliphatic rings. The molecule has 0 spiro atoms. The Morgan fingerprint density at radius 2 is 2.10 bits per heavy atom. The molecule has 0 saturated carbocycles. The van der Waals surface area contributed by atoms with Gasteiger partial charge in [0.05, 0.1) is 34.7 Å². The number of ether oxygens (including phenoxy) is 1. The van der Waals surface area contributed by atoms with Crippen LogP contribution in [-0.2, 0) is 11.3 Å². The molecule has 156 valence electrons. The summed E-state index contributed by atoms with van der Waals surface area (Å²) in [7, 11) is 0.